The van der Waals surface area contributed by atoms with E-state index >= 15 is 0 Å². The normalized spacial score (nSPS) is 13.2. The van der Waals surface area contributed by atoms with E-state index in [4.69, 9.17) is 4.74 Å². The fraction of sp³-hybridized carbons (Fsp3) is 0.235. The van der Waals surface area contributed by atoms with Crippen LogP contribution in [0.3, 0.4) is 0 Å². The smallest absolute Gasteiger partial charge is 0.119 e. The van der Waals surface area contributed by atoms with E-state index in [0.717, 1.165) is 27.7 Å². The Morgan fingerprint density at radius 3 is 2.47 bits per heavy atom. The van der Waals surface area contributed by atoms with Crippen LogP contribution in [0.1, 0.15) is 61.9 Å². The maximum Gasteiger partial charge on any atom is 0.119 e. The maximum absolute atomic E-state index is 5.44. The summed E-state index contributed by atoms with van der Waals surface area (Å²) in [7, 11) is 1.72. The molecule has 0 unspecified atom stereocenters. The first-order chi connectivity index (χ1) is 18.3. The molecule has 1 aliphatic rings. The van der Waals surface area contributed by atoms with Gasteiger partial charge in [0.05, 0.1) is 12.8 Å². The minimum Gasteiger partial charge on any atom is -0.497 e. The van der Waals surface area contributed by atoms with Crippen LogP contribution in [0, 0.1) is 10.6 Å². The topological polar surface area (TPSA) is 40.8 Å². The van der Waals surface area contributed by atoms with Gasteiger partial charge in [0.2, 0.25) is 0 Å². The zero-order chi connectivity index (χ0) is 26.6. The molecule has 0 bridgehead atoms. The van der Waals surface area contributed by atoms with Gasteiger partial charge in [-0.3, -0.25) is 0 Å². The second-order valence-electron chi connectivity index (χ2n) is 10.9. The van der Waals surface area contributed by atoms with Crippen molar-refractivity contribution in [3.05, 3.63) is 109 Å². The summed E-state index contributed by atoms with van der Waals surface area (Å²) >= 11 is 3.71. The molecule has 0 spiro atoms. The van der Waals surface area contributed by atoms with Crippen LogP contribution in [0.5, 0.6) is 5.75 Å². The third-order valence-electron chi connectivity index (χ3n) is 7.72. The monoisotopic (exact) mass is 564 g/mol. The molecule has 0 saturated carbocycles. The molecule has 6 rings (SSSR count). The predicted molar refractivity (Wildman–Crippen MR) is 162 cm³/mol. The highest BCUT2D eigenvalue weighted by atomic mass is 79.9. The molecule has 3 nitrogen and oxygen atoms in total. The lowest BCUT2D eigenvalue weighted by molar-refractivity contribution is 0.414. The van der Waals surface area contributed by atoms with Crippen LogP contribution in [-0.2, 0) is 6.42 Å². The van der Waals surface area contributed by atoms with Crippen LogP contribution >= 0.6 is 15.9 Å². The quantitative estimate of drug-likeness (QED) is 0.226. The van der Waals surface area contributed by atoms with Crippen molar-refractivity contribution in [2.45, 2.75) is 46.0 Å². The fourth-order valence-corrected chi connectivity index (χ4v) is 6.00. The van der Waals surface area contributed by atoms with E-state index < -0.39 is 0 Å². The van der Waals surface area contributed by atoms with Gasteiger partial charge in [0.25, 0.3) is 0 Å². The van der Waals surface area contributed by atoms with Crippen molar-refractivity contribution in [2.75, 3.05) is 7.11 Å². The van der Waals surface area contributed by atoms with Crippen LogP contribution in [0.15, 0.2) is 65.1 Å². The summed E-state index contributed by atoms with van der Waals surface area (Å²) in [6.45, 7) is 9.09. The first-order valence-corrected chi connectivity index (χ1v) is 14.2. The van der Waals surface area contributed by atoms with Crippen molar-refractivity contribution >= 4 is 38.9 Å². The Morgan fingerprint density at radius 1 is 0.868 bits per heavy atom. The van der Waals surface area contributed by atoms with Crippen molar-refractivity contribution in [1.29, 1.82) is 0 Å². The molecule has 4 heteroatoms. The molecule has 5 aromatic rings. The number of halogens is 1. The molecule has 0 aliphatic heterocycles. The lowest BCUT2D eigenvalue weighted by atomic mass is 9.89. The summed E-state index contributed by atoms with van der Waals surface area (Å²) in [5.41, 5.74) is 7.65. The third kappa shape index (κ3) is 4.31. The fourth-order valence-electron chi connectivity index (χ4n) is 5.64. The van der Waals surface area contributed by atoms with Crippen molar-refractivity contribution < 1.29 is 4.74 Å². The van der Waals surface area contributed by atoms with E-state index in [0.29, 0.717) is 11.8 Å². The van der Waals surface area contributed by atoms with Crippen molar-refractivity contribution in [3.63, 3.8) is 0 Å². The Balaban J connectivity index is 1.57. The number of fused-ring (bicyclic) bond motifs is 3. The molecule has 3 aromatic carbocycles. The number of hydrogen-bond donors (Lipinski definition) is 2. The van der Waals surface area contributed by atoms with Gasteiger partial charge < -0.3 is 14.7 Å². The number of aromatic amines is 2. The highest BCUT2D eigenvalue weighted by Crippen LogP contribution is 2.38. The first-order valence-electron chi connectivity index (χ1n) is 13.4. The van der Waals surface area contributed by atoms with Crippen LogP contribution in [-0.4, -0.2) is 17.1 Å². The molecule has 192 valence electrons. The molecule has 0 fully saturated rings. The number of methoxy groups -OCH3 is 1. The van der Waals surface area contributed by atoms with Crippen molar-refractivity contribution in [1.82, 2.24) is 9.97 Å². The predicted octanol–water partition coefficient (Wildman–Crippen LogP) is 7.63. The number of aromatic nitrogens is 2. The Labute approximate surface area is 231 Å². The van der Waals surface area contributed by atoms with Crippen LogP contribution in [0.25, 0.3) is 34.2 Å². The molecule has 0 atom stereocenters. The largest absolute Gasteiger partial charge is 0.497 e. The second kappa shape index (κ2) is 9.67. The number of rotatable bonds is 5. The van der Waals surface area contributed by atoms with Crippen molar-refractivity contribution in [3.8, 4) is 17.0 Å². The van der Waals surface area contributed by atoms with E-state index in [-0.39, 0.29) is 0 Å². The summed E-state index contributed by atoms with van der Waals surface area (Å²) < 4.78 is 6.52. The molecule has 2 heterocycles. The molecule has 0 radical (unpaired) electrons. The van der Waals surface area contributed by atoms with Gasteiger partial charge in [0.15, 0.2) is 0 Å². The van der Waals surface area contributed by atoms with Crippen LogP contribution in [0.4, 0.5) is 0 Å². The highest BCUT2D eigenvalue weighted by Gasteiger charge is 2.17. The summed E-state index contributed by atoms with van der Waals surface area (Å²) in [6.07, 6.45) is 5.44. The molecule has 0 saturated heterocycles. The summed E-state index contributed by atoms with van der Waals surface area (Å²) in [6, 6.07) is 22.1. The summed E-state index contributed by atoms with van der Waals surface area (Å²) in [5, 5.41) is 7.18. The van der Waals surface area contributed by atoms with Gasteiger partial charge in [-0.2, -0.15) is 0 Å². The zero-order valence-corrected chi connectivity index (χ0v) is 24.2. The third-order valence-corrected chi connectivity index (χ3v) is 8.22. The van der Waals surface area contributed by atoms with Crippen LogP contribution in [0.2, 0.25) is 0 Å². The number of nitrogens with one attached hydrogen (secondary N) is 2. The Kier molecular flexibility index (Phi) is 6.31. The molecule has 2 N–H and O–H groups in total. The number of ether oxygens (including phenoxy) is 1. The summed E-state index contributed by atoms with van der Waals surface area (Å²) in [5.74, 6) is 1.82. The molecule has 2 aromatic heterocycles. The van der Waals surface area contributed by atoms with E-state index in [1.54, 1.807) is 7.11 Å². The average Bonchev–Trinajstić information content (AvgIpc) is 3.48. The SMILES string of the molecule is COc1ccc2c(c1)=CCc1cc(=Cc3[nH]c(-c4ccc(C(C)C)cc4C(C)C)c4ccc(Br)cc34)[nH]c1=2. The van der Waals surface area contributed by atoms with Gasteiger partial charge in [0, 0.05) is 42.4 Å². The van der Waals surface area contributed by atoms with E-state index in [1.807, 2.05) is 6.07 Å². The Morgan fingerprint density at radius 2 is 1.71 bits per heavy atom. The lowest BCUT2D eigenvalue weighted by Crippen LogP contribution is -2.09. The lowest BCUT2D eigenvalue weighted by Gasteiger charge is -2.16. The van der Waals surface area contributed by atoms with Gasteiger partial charge in [-0.05, 0) is 82.6 Å². The standard InChI is InChI=1S/C34H33BrN2O/c1-19(2)21-8-11-28(30(16-21)20(3)4)34-29-12-9-24(35)17-31(29)32(37-34)18-25-14-23-7-6-22-15-26(38-5)10-13-27(22)33(23)36-25/h6,8-20,36-37H,7H2,1-5H3. The highest BCUT2D eigenvalue weighted by molar-refractivity contribution is 9.10. The first kappa shape index (κ1) is 24.8. The molecular formula is C34H33BrN2O. The molecule has 1 aliphatic carbocycles. The molecular weight excluding hydrogens is 532 g/mol. The van der Waals surface area contributed by atoms with Crippen molar-refractivity contribution in [2.24, 2.45) is 0 Å². The van der Waals surface area contributed by atoms with Gasteiger partial charge in [-0.1, -0.05) is 74.0 Å². The minimum atomic E-state index is 0.426. The maximum atomic E-state index is 5.44. The average molecular weight is 566 g/mol. The van der Waals surface area contributed by atoms with E-state index in [1.165, 1.54) is 54.5 Å². The van der Waals surface area contributed by atoms with E-state index in [2.05, 4.69) is 120 Å². The summed E-state index contributed by atoms with van der Waals surface area (Å²) in [4.78, 5) is 7.53. The van der Waals surface area contributed by atoms with Gasteiger partial charge in [0.1, 0.15) is 5.75 Å². The Hall–Kier alpha value is -3.50. The zero-order valence-electron chi connectivity index (χ0n) is 22.6. The van der Waals surface area contributed by atoms with Gasteiger partial charge in [-0.25, -0.2) is 0 Å². The van der Waals surface area contributed by atoms with E-state index in [9.17, 15) is 0 Å². The minimum absolute atomic E-state index is 0.426. The van der Waals surface area contributed by atoms with Crippen LogP contribution < -0.4 is 15.3 Å². The van der Waals surface area contributed by atoms with Gasteiger partial charge >= 0.3 is 0 Å². The molecule has 0 amide bonds. The number of hydrogen-bond acceptors (Lipinski definition) is 1. The second-order valence-corrected chi connectivity index (χ2v) is 11.8. The number of H-pyrrole nitrogens is 2. The number of benzene rings is 3. The molecule has 38 heavy (non-hydrogen) atoms. The Bertz CT molecular complexity index is 1910. The van der Waals surface area contributed by atoms with Gasteiger partial charge in [-0.15, -0.1) is 0 Å².